The number of ether oxygens (including phenoxy) is 1. The summed E-state index contributed by atoms with van der Waals surface area (Å²) >= 11 is 12.0. The van der Waals surface area contributed by atoms with E-state index in [1.807, 2.05) is 6.92 Å². The van der Waals surface area contributed by atoms with E-state index in [1.54, 1.807) is 31.2 Å². The van der Waals surface area contributed by atoms with Crippen molar-refractivity contribution >= 4 is 29.2 Å². The van der Waals surface area contributed by atoms with E-state index in [0.717, 1.165) is 11.6 Å². The van der Waals surface area contributed by atoms with Crippen LogP contribution in [0.15, 0.2) is 42.6 Å². The molecule has 0 saturated carbocycles. The Balaban J connectivity index is 1.91. The average Bonchev–Trinajstić information content (AvgIpc) is 2.97. The van der Waals surface area contributed by atoms with Gasteiger partial charge in [-0.15, -0.1) is 0 Å². The van der Waals surface area contributed by atoms with Crippen molar-refractivity contribution in [2.45, 2.75) is 19.9 Å². The molecule has 2 aromatic heterocycles. The van der Waals surface area contributed by atoms with Gasteiger partial charge in [0.15, 0.2) is 11.5 Å². The summed E-state index contributed by atoms with van der Waals surface area (Å²) < 4.78 is 20.6. The first kappa shape index (κ1) is 18.4. The zero-order valence-electron chi connectivity index (χ0n) is 13.9. The number of aryl methyl sites for hydroxylation is 1. The van der Waals surface area contributed by atoms with Crippen molar-refractivity contribution in [1.29, 1.82) is 0 Å². The Bertz CT molecular complexity index is 975. The third-order valence-electron chi connectivity index (χ3n) is 3.77. The van der Waals surface area contributed by atoms with Gasteiger partial charge >= 0.3 is 5.97 Å². The predicted octanol–water partition coefficient (Wildman–Crippen LogP) is 4.86. The molecule has 1 unspecified atom stereocenters. The Morgan fingerprint density at radius 1 is 1.23 bits per heavy atom. The standard InChI is InChI=1S/C18H14Cl2FN3O2/c1-10-8-16(26-18(25)17-15(21)4-3-7-22-17)24(23-10)11(2)12-5-6-13(19)14(20)9-12/h3-9,11H,1-2H3. The highest BCUT2D eigenvalue weighted by molar-refractivity contribution is 6.42. The van der Waals surface area contributed by atoms with E-state index >= 15 is 0 Å². The highest BCUT2D eigenvalue weighted by Gasteiger charge is 2.21. The van der Waals surface area contributed by atoms with Crippen LogP contribution in [0.1, 0.15) is 34.7 Å². The molecule has 0 amide bonds. The van der Waals surface area contributed by atoms with Crippen molar-refractivity contribution in [3.05, 3.63) is 75.4 Å². The van der Waals surface area contributed by atoms with Crippen LogP contribution < -0.4 is 4.74 Å². The van der Waals surface area contributed by atoms with Crippen LogP contribution >= 0.6 is 23.2 Å². The second kappa shape index (κ2) is 7.43. The van der Waals surface area contributed by atoms with Crippen molar-refractivity contribution in [2.24, 2.45) is 0 Å². The third kappa shape index (κ3) is 3.71. The van der Waals surface area contributed by atoms with E-state index in [1.165, 1.54) is 16.9 Å². The average molecular weight is 394 g/mol. The van der Waals surface area contributed by atoms with Crippen LogP contribution in [-0.2, 0) is 0 Å². The number of aromatic nitrogens is 3. The lowest BCUT2D eigenvalue weighted by Gasteiger charge is -2.16. The summed E-state index contributed by atoms with van der Waals surface area (Å²) in [6.07, 6.45) is 1.32. The molecular formula is C18H14Cl2FN3O2. The fourth-order valence-electron chi connectivity index (χ4n) is 2.44. The van der Waals surface area contributed by atoms with Gasteiger partial charge in [-0.2, -0.15) is 5.10 Å². The Morgan fingerprint density at radius 3 is 2.69 bits per heavy atom. The normalized spacial score (nSPS) is 12.0. The fraction of sp³-hybridized carbons (Fsp3) is 0.167. The van der Waals surface area contributed by atoms with Gasteiger partial charge in [0.25, 0.3) is 0 Å². The zero-order chi connectivity index (χ0) is 18.8. The van der Waals surface area contributed by atoms with Crippen LogP contribution in [0.2, 0.25) is 10.0 Å². The van der Waals surface area contributed by atoms with E-state index in [-0.39, 0.29) is 17.6 Å². The van der Waals surface area contributed by atoms with Gasteiger partial charge in [0.05, 0.1) is 21.8 Å². The number of pyridine rings is 1. The number of rotatable bonds is 4. The maximum atomic E-state index is 13.7. The molecule has 5 nitrogen and oxygen atoms in total. The lowest BCUT2D eigenvalue weighted by Crippen LogP contribution is -2.17. The van der Waals surface area contributed by atoms with Gasteiger partial charge in [-0.05, 0) is 43.7 Å². The molecule has 134 valence electrons. The molecule has 0 aliphatic carbocycles. The molecule has 3 rings (SSSR count). The van der Waals surface area contributed by atoms with Gasteiger partial charge in [-0.25, -0.2) is 18.9 Å². The monoisotopic (exact) mass is 393 g/mol. The molecule has 0 aliphatic rings. The molecule has 0 N–H and O–H groups in total. The number of carbonyl (C=O) groups excluding carboxylic acids is 1. The lowest BCUT2D eigenvalue weighted by molar-refractivity contribution is 0.0705. The van der Waals surface area contributed by atoms with Crippen LogP contribution in [0.4, 0.5) is 4.39 Å². The molecule has 0 bridgehead atoms. The van der Waals surface area contributed by atoms with Crippen molar-refractivity contribution in [3.8, 4) is 5.88 Å². The number of benzene rings is 1. The van der Waals surface area contributed by atoms with Gasteiger partial charge in [0.2, 0.25) is 5.88 Å². The summed E-state index contributed by atoms with van der Waals surface area (Å²) in [5.41, 5.74) is 1.07. The Labute approximate surface area is 159 Å². The minimum Gasteiger partial charge on any atom is -0.403 e. The molecule has 0 saturated heterocycles. The van der Waals surface area contributed by atoms with Crippen LogP contribution in [0.3, 0.4) is 0 Å². The first-order chi connectivity index (χ1) is 12.4. The van der Waals surface area contributed by atoms with Crippen molar-refractivity contribution in [2.75, 3.05) is 0 Å². The topological polar surface area (TPSA) is 57.0 Å². The summed E-state index contributed by atoms with van der Waals surface area (Å²) in [6.45, 7) is 3.63. The van der Waals surface area contributed by atoms with Crippen molar-refractivity contribution in [3.63, 3.8) is 0 Å². The number of halogens is 3. The molecule has 0 spiro atoms. The predicted molar refractivity (Wildman–Crippen MR) is 96.4 cm³/mol. The summed E-state index contributed by atoms with van der Waals surface area (Å²) in [5.74, 6) is -1.47. The van der Waals surface area contributed by atoms with Crippen LogP contribution in [-0.4, -0.2) is 20.7 Å². The van der Waals surface area contributed by atoms with Crippen LogP contribution in [0.5, 0.6) is 5.88 Å². The molecule has 1 aromatic carbocycles. The number of esters is 1. The molecule has 0 fully saturated rings. The molecular weight excluding hydrogens is 380 g/mol. The first-order valence-corrected chi connectivity index (χ1v) is 8.46. The third-order valence-corrected chi connectivity index (χ3v) is 4.50. The largest absolute Gasteiger partial charge is 0.403 e. The minimum atomic E-state index is -0.898. The fourth-order valence-corrected chi connectivity index (χ4v) is 2.75. The molecule has 1 atom stereocenters. The maximum absolute atomic E-state index is 13.7. The summed E-state index contributed by atoms with van der Waals surface area (Å²) in [4.78, 5) is 16.0. The Kier molecular flexibility index (Phi) is 5.25. The smallest absolute Gasteiger partial charge is 0.366 e. The number of hydrogen-bond donors (Lipinski definition) is 0. The van der Waals surface area contributed by atoms with E-state index in [4.69, 9.17) is 27.9 Å². The van der Waals surface area contributed by atoms with Gasteiger partial charge < -0.3 is 4.74 Å². The highest BCUT2D eigenvalue weighted by Crippen LogP contribution is 2.30. The molecule has 2 heterocycles. The summed E-state index contributed by atoms with van der Waals surface area (Å²) in [6, 6.07) is 9.04. The molecule has 0 radical (unpaired) electrons. The number of hydrogen-bond acceptors (Lipinski definition) is 4. The zero-order valence-corrected chi connectivity index (χ0v) is 15.4. The number of carbonyl (C=O) groups is 1. The van der Waals surface area contributed by atoms with Gasteiger partial charge in [-0.3, -0.25) is 0 Å². The van der Waals surface area contributed by atoms with Crippen LogP contribution in [0.25, 0.3) is 0 Å². The second-order valence-corrected chi connectivity index (χ2v) is 6.46. The van der Waals surface area contributed by atoms with E-state index in [2.05, 4.69) is 10.1 Å². The molecule has 26 heavy (non-hydrogen) atoms. The highest BCUT2D eigenvalue weighted by atomic mass is 35.5. The van der Waals surface area contributed by atoms with Gasteiger partial charge in [0, 0.05) is 12.3 Å². The Hall–Kier alpha value is -2.44. The van der Waals surface area contributed by atoms with E-state index in [0.29, 0.717) is 15.7 Å². The maximum Gasteiger partial charge on any atom is 0.366 e. The summed E-state index contributed by atoms with van der Waals surface area (Å²) in [7, 11) is 0. The molecule has 8 heteroatoms. The van der Waals surface area contributed by atoms with E-state index < -0.39 is 11.8 Å². The quantitative estimate of drug-likeness (QED) is 0.593. The summed E-state index contributed by atoms with van der Waals surface area (Å²) in [5, 5.41) is 5.21. The molecule has 3 aromatic rings. The minimum absolute atomic E-state index is 0.177. The number of nitrogens with zero attached hydrogens (tertiary/aromatic N) is 3. The van der Waals surface area contributed by atoms with Crippen molar-refractivity contribution in [1.82, 2.24) is 14.8 Å². The van der Waals surface area contributed by atoms with Crippen LogP contribution in [0, 0.1) is 12.7 Å². The Morgan fingerprint density at radius 2 is 2.00 bits per heavy atom. The lowest BCUT2D eigenvalue weighted by atomic mass is 10.1. The second-order valence-electron chi connectivity index (χ2n) is 5.64. The SMILES string of the molecule is Cc1cc(OC(=O)c2ncccc2F)n(C(C)c2ccc(Cl)c(Cl)c2)n1. The van der Waals surface area contributed by atoms with Crippen molar-refractivity contribution < 1.29 is 13.9 Å². The molecule has 0 aliphatic heterocycles. The van der Waals surface area contributed by atoms with E-state index in [9.17, 15) is 9.18 Å². The first-order valence-electron chi connectivity index (χ1n) is 7.70. The van der Waals surface area contributed by atoms with Gasteiger partial charge in [-0.1, -0.05) is 29.3 Å². The van der Waals surface area contributed by atoms with Gasteiger partial charge in [0.1, 0.15) is 0 Å².